The van der Waals surface area contributed by atoms with Gasteiger partial charge in [-0.25, -0.2) is 4.98 Å². The Bertz CT molecular complexity index is 610. The summed E-state index contributed by atoms with van der Waals surface area (Å²) in [5.41, 5.74) is 8.21. The van der Waals surface area contributed by atoms with Crippen LogP contribution in [0.3, 0.4) is 0 Å². The molecule has 1 fully saturated rings. The molecule has 0 radical (unpaired) electrons. The summed E-state index contributed by atoms with van der Waals surface area (Å²) in [5, 5.41) is 0. The summed E-state index contributed by atoms with van der Waals surface area (Å²) in [4.78, 5) is 4.83. The van der Waals surface area contributed by atoms with Gasteiger partial charge < -0.3 is 15.0 Å². The van der Waals surface area contributed by atoms with Gasteiger partial charge in [-0.2, -0.15) is 0 Å². The number of hydrogen-bond acceptors (Lipinski definition) is 3. The summed E-state index contributed by atoms with van der Waals surface area (Å²) in [5.74, 6) is 3.33. The second kappa shape index (κ2) is 5.80. The van der Waals surface area contributed by atoms with Gasteiger partial charge in [0.1, 0.15) is 23.1 Å². The standard InChI is InChI=1S/C17H23N3O/c1-3-21-14-10-8-12(9-11-14)15-16(18)20(2)17(19-15)13-6-4-5-7-13/h8-11,13H,3-7,18H2,1-2H3. The van der Waals surface area contributed by atoms with E-state index in [2.05, 4.69) is 4.57 Å². The van der Waals surface area contributed by atoms with E-state index >= 15 is 0 Å². The van der Waals surface area contributed by atoms with Crippen LogP contribution in [-0.2, 0) is 7.05 Å². The number of rotatable bonds is 4. The summed E-state index contributed by atoms with van der Waals surface area (Å²) in [7, 11) is 2.02. The van der Waals surface area contributed by atoms with Gasteiger partial charge in [0, 0.05) is 18.5 Å². The summed E-state index contributed by atoms with van der Waals surface area (Å²) >= 11 is 0. The molecule has 4 heteroatoms. The van der Waals surface area contributed by atoms with E-state index < -0.39 is 0 Å². The van der Waals surface area contributed by atoms with E-state index in [0.29, 0.717) is 12.5 Å². The maximum Gasteiger partial charge on any atom is 0.131 e. The Morgan fingerprint density at radius 2 is 1.90 bits per heavy atom. The molecule has 1 aliphatic carbocycles. The molecule has 4 nitrogen and oxygen atoms in total. The van der Waals surface area contributed by atoms with Crippen LogP contribution < -0.4 is 10.5 Å². The molecular weight excluding hydrogens is 262 g/mol. The van der Waals surface area contributed by atoms with Crippen molar-refractivity contribution in [1.29, 1.82) is 0 Å². The molecule has 1 heterocycles. The number of nitrogens with zero attached hydrogens (tertiary/aromatic N) is 2. The van der Waals surface area contributed by atoms with Gasteiger partial charge in [-0.1, -0.05) is 12.8 Å². The van der Waals surface area contributed by atoms with Crippen LogP contribution in [0.4, 0.5) is 5.82 Å². The van der Waals surface area contributed by atoms with Crippen molar-refractivity contribution in [3.63, 3.8) is 0 Å². The Morgan fingerprint density at radius 3 is 2.52 bits per heavy atom. The first kappa shape index (κ1) is 14.0. The van der Waals surface area contributed by atoms with Gasteiger partial charge in [0.25, 0.3) is 0 Å². The van der Waals surface area contributed by atoms with Crippen molar-refractivity contribution in [3.8, 4) is 17.0 Å². The zero-order chi connectivity index (χ0) is 14.8. The molecule has 0 aliphatic heterocycles. The molecule has 2 N–H and O–H groups in total. The molecular formula is C17H23N3O. The Morgan fingerprint density at radius 1 is 1.24 bits per heavy atom. The van der Waals surface area contributed by atoms with E-state index in [1.807, 2.05) is 38.2 Å². The lowest BCUT2D eigenvalue weighted by Crippen LogP contribution is -2.05. The van der Waals surface area contributed by atoms with Gasteiger partial charge in [-0.15, -0.1) is 0 Å². The number of nitrogen functional groups attached to an aromatic ring is 1. The molecule has 0 bridgehead atoms. The maximum absolute atomic E-state index is 6.27. The SMILES string of the molecule is CCOc1ccc(-c2nc(C3CCCC3)n(C)c2N)cc1. The van der Waals surface area contributed by atoms with Crippen LogP contribution in [0, 0.1) is 0 Å². The Hall–Kier alpha value is -1.97. The van der Waals surface area contributed by atoms with E-state index in [1.54, 1.807) is 0 Å². The third kappa shape index (κ3) is 2.62. The average molecular weight is 285 g/mol. The van der Waals surface area contributed by atoms with E-state index in [4.69, 9.17) is 15.5 Å². The van der Waals surface area contributed by atoms with E-state index in [0.717, 1.165) is 28.6 Å². The van der Waals surface area contributed by atoms with Crippen molar-refractivity contribution in [2.75, 3.05) is 12.3 Å². The van der Waals surface area contributed by atoms with Crippen LogP contribution in [0.15, 0.2) is 24.3 Å². The van der Waals surface area contributed by atoms with Crippen LogP contribution in [-0.4, -0.2) is 16.2 Å². The largest absolute Gasteiger partial charge is 0.494 e. The van der Waals surface area contributed by atoms with Crippen LogP contribution in [0.25, 0.3) is 11.3 Å². The first-order valence-electron chi connectivity index (χ1n) is 7.76. The molecule has 2 aromatic rings. The third-order valence-corrected chi connectivity index (χ3v) is 4.33. The topological polar surface area (TPSA) is 53.1 Å². The number of anilines is 1. The normalized spacial score (nSPS) is 15.5. The van der Waals surface area contributed by atoms with Gasteiger partial charge in [0.05, 0.1) is 6.61 Å². The minimum Gasteiger partial charge on any atom is -0.494 e. The Kier molecular flexibility index (Phi) is 3.86. The second-order valence-corrected chi connectivity index (χ2v) is 5.70. The summed E-state index contributed by atoms with van der Waals surface area (Å²) in [6, 6.07) is 8.01. The lowest BCUT2D eigenvalue weighted by atomic mass is 10.1. The molecule has 0 amide bonds. The molecule has 1 aromatic heterocycles. The highest BCUT2D eigenvalue weighted by Gasteiger charge is 2.24. The predicted molar refractivity (Wildman–Crippen MR) is 85.4 cm³/mol. The molecule has 0 spiro atoms. The number of benzene rings is 1. The first-order chi connectivity index (χ1) is 10.2. The molecule has 112 valence electrons. The minimum absolute atomic E-state index is 0.564. The smallest absolute Gasteiger partial charge is 0.131 e. The number of aromatic nitrogens is 2. The summed E-state index contributed by atoms with van der Waals surface area (Å²) in [6.07, 6.45) is 5.06. The van der Waals surface area contributed by atoms with Gasteiger partial charge in [0.15, 0.2) is 0 Å². The summed E-state index contributed by atoms with van der Waals surface area (Å²) < 4.78 is 7.54. The van der Waals surface area contributed by atoms with Gasteiger partial charge >= 0.3 is 0 Å². The fourth-order valence-corrected chi connectivity index (χ4v) is 3.17. The van der Waals surface area contributed by atoms with E-state index in [1.165, 1.54) is 25.7 Å². The van der Waals surface area contributed by atoms with Crippen LogP contribution in [0.5, 0.6) is 5.75 Å². The van der Waals surface area contributed by atoms with E-state index in [-0.39, 0.29) is 0 Å². The average Bonchev–Trinajstić information content (AvgIpc) is 3.11. The van der Waals surface area contributed by atoms with Gasteiger partial charge in [0.2, 0.25) is 0 Å². The molecule has 3 rings (SSSR count). The zero-order valence-electron chi connectivity index (χ0n) is 12.8. The fourth-order valence-electron chi connectivity index (χ4n) is 3.17. The number of nitrogens with two attached hydrogens (primary N) is 1. The zero-order valence-corrected chi connectivity index (χ0v) is 12.8. The van der Waals surface area contributed by atoms with E-state index in [9.17, 15) is 0 Å². The highest BCUT2D eigenvalue weighted by Crippen LogP contribution is 2.37. The number of ether oxygens (including phenoxy) is 1. The lowest BCUT2D eigenvalue weighted by Gasteiger charge is -2.08. The van der Waals surface area contributed by atoms with Crippen LogP contribution in [0.2, 0.25) is 0 Å². The van der Waals surface area contributed by atoms with Crippen molar-refractivity contribution in [1.82, 2.24) is 9.55 Å². The highest BCUT2D eigenvalue weighted by molar-refractivity contribution is 5.71. The van der Waals surface area contributed by atoms with Crippen LogP contribution in [0.1, 0.15) is 44.3 Å². The molecule has 1 saturated carbocycles. The van der Waals surface area contributed by atoms with Crippen molar-refractivity contribution < 1.29 is 4.74 Å². The molecule has 21 heavy (non-hydrogen) atoms. The lowest BCUT2D eigenvalue weighted by molar-refractivity contribution is 0.340. The molecule has 0 atom stereocenters. The molecule has 0 saturated heterocycles. The second-order valence-electron chi connectivity index (χ2n) is 5.70. The Balaban J connectivity index is 1.92. The van der Waals surface area contributed by atoms with Gasteiger partial charge in [-0.3, -0.25) is 0 Å². The van der Waals surface area contributed by atoms with Crippen molar-refractivity contribution in [3.05, 3.63) is 30.1 Å². The quantitative estimate of drug-likeness (QED) is 0.931. The highest BCUT2D eigenvalue weighted by atomic mass is 16.5. The number of hydrogen-bond donors (Lipinski definition) is 1. The number of imidazole rings is 1. The van der Waals surface area contributed by atoms with Gasteiger partial charge in [-0.05, 0) is 44.0 Å². The minimum atomic E-state index is 0.564. The first-order valence-corrected chi connectivity index (χ1v) is 7.76. The van der Waals surface area contributed by atoms with Crippen LogP contribution >= 0.6 is 0 Å². The van der Waals surface area contributed by atoms with Crippen molar-refractivity contribution >= 4 is 5.82 Å². The molecule has 1 aromatic carbocycles. The molecule has 1 aliphatic rings. The molecule has 0 unspecified atom stereocenters. The fraction of sp³-hybridized carbons (Fsp3) is 0.471. The van der Waals surface area contributed by atoms with Crippen molar-refractivity contribution in [2.24, 2.45) is 7.05 Å². The third-order valence-electron chi connectivity index (χ3n) is 4.33. The maximum atomic E-state index is 6.27. The monoisotopic (exact) mass is 285 g/mol. The summed E-state index contributed by atoms with van der Waals surface area (Å²) in [6.45, 7) is 2.66. The predicted octanol–water partition coefficient (Wildman–Crippen LogP) is 3.73. The van der Waals surface area contributed by atoms with Crippen molar-refractivity contribution in [2.45, 2.75) is 38.5 Å². The Labute approximate surface area is 125 Å².